The van der Waals surface area contributed by atoms with Crippen molar-refractivity contribution in [1.29, 1.82) is 0 Å². The van der Waals surface area contributed by atoms with E-state index in [1.165, 1.54) is 0 Å². The molecule has 0 saturated heterocycles. The third-order valence-corrected chi connectivity index (χ3v) is 2.53. The number of nitrogens with zero attached hydrogens (tertiary/aromatic N) is 1. The fourth-order valence-corrected chi connectivity index (χ4v) is 1.65. The Balaban J connectivity index is 2.53. The number of aromatic nitrogens is 1. The molecule has 0 radical (unpaired) electrons. The van der Waals surface area contributed by atoms with Gasteiger partial charge in [-0.3, -0.25) is 4.79 Å². The minimum absolute atomic E-state index is 0.00332. The van der Waals surface area contributed by atoms with E-state index in [4.69, 9.17) is 4.74 Å². The predicted octanol–water partition coefficient (Wildman–Crippen LogP) is 1.88. The largest absolute Gasteiger partial charge is 0.497 e. The summed E-state index contributed by atoms with van der Waals surface area (Å²) >= 11 is 0. The second kappa shape index (κ2) is 3.89. The SMILES string of the molecule is COc1ccc2c(C(=O)N(C)C)c[nH]c2c1. The van der Waals surface area contributed by atoms with Crippen molar-refractivity contribution in [3.63, 3.8) is 0 Å². The number of carbonyl (C=O) groups excluding carboxylic acids is 1. The monoisotopic (exact) mass is 218 g/mol. The first-order valence-electron chi connectivity index (χ1n) is 5.00. The fraction of sp³-hybridized carbons (Fsp3) is 0.250. The Labute approximate surface area is 93.8 Å². The van der Waals surface area contributed by atoms with Gasteiger partial charge < -0.3 is 14.6 Å². The van der Waals surface area contributed by atoms with Crippen LogP contribution in [0.3, 0.4) is 0 Å². The Bertz CT molecular complexity index is 529. The average molecular weight is 218 g/mol. The van der Waals surface area contributed by atoms with Crippen molar-refractivity contribution >= 4 is 16.8 Å². The highest BCUT2D eigenvalue weighted by molar-refractivity contribution is 6.06. The minimum Gasteiger partial charge on any atom is -0.497 e. The molecule has 0 bridgehead atoms. The van der Waals surface area contributed by atoms with Crippen molar-refractivity contribution in [3.8, 4) is 5.75 Å². The van der Waals surface area contributed by atoms with Crippen LogP contribution >= 0.6 is 0 Å². The highest BCUT2D eigenvalue weighted by Crippen LogP contribution is 2.23. The maximum atomic E-state index is 11.8. The number of ether oxygens (including phenoxy) is 1. The van der Waals surface area contributed by atoms with E-state index >= 15 is 0 Å². The average Bonchev–Trinajstić information content (AvgIpc) is 2.70. The lowest BCUT2D eigenvalue weighted by Gasteiger charge is -2.08. The molecule has 1 amide bonds. The van der Waals surface area contributed by atoms with Crippen molar-refractivity contribution in [3.05, 3.63) is 30.0 Å². The van der Waals surface area contributed by atoms with Crippen LogP contribution in [0.15, 0.2) is 24.4 Å². The van der Waals surface area contributed by atoms with E-state index in [1.54, 1.807) is 32.3 Å². The van der Waals surface area contributed by atoms with E-state index in [2.05, 4.69) is 4.98 Å². The summed E-state index contributed by atoms with van der Waals surface area (Å²) in [6.07, 6.45) is 1.73. The van der Waals surface area contributed by atoms with Crippen molar-refractivity contribution in [1.82, 2.24) is 9.88 Å². The third-order valence-electron chi connectivity index (χ3n) is 2.53. The summed E-state index contributed by atoms with van der Waals surface area (Å²) in [7, 11) is 5.10. The van der Waals surface area contributed by atoms with E-state index < -0.39 is 0 Å². The van der Waals surface area contributed by atoms with Crippen molar-refractivity contribution in [2.24, 2.45) is 0 Å². The van der Waals surface area contributed by atoms with Crippen molar-refractivity contribution in [2.45, 2.75) is 0 Å². The zero-order chi connectivity index (χ0) is 11.7. The number of H-pyrrole nitrogens is 1. The van der Waals surface area contributed by atoms with Gasteiger partial charge in [0.1, 0.15) is 5.75 Å². The Morgan fingerprint density at radius 2 is 2.12 bits per heavy atom. The molecule has 0 saturated carbocycles. The van der Waals surface area contributed by atoms with Crippen LogP contribution in [-0.4, -0.2) is 37.0 Å². The number of fused-ring (bicyclic) bond motifs is 1. The third kappa shape index (κ3) is 1.62. The summed E-state index contributed by atoms with van der Waals surface area (Å²) < 4.78 is 5.12. The summed E-state index contributed by atoms with van der Waals surface area (Å²) in [5.41, 5.74) is 1.59. The van der Waals surface area contributed by atoms with Crippen LogP contribution in [-0.2, 0) is 0 Å². The molecule has 0 spiro atoms. The van der Waals surface area contributed by atoms with Gasteiger partial charge in [0.05, 0.1) is 12.7 Å². The summed E-state index contributed by atoms with van der Waals surface area (Å²) in [4.78, 5) is 16.5. The Morgan fingerprint density at radius 3 is 2.75 bits per heavy atom. The molecule has 2 rings (SSSR count). The summed E-state index contributed by atoms with van der Waals surface area (Å²) in [5.74, 6) is 0.773. The molecule has 0 aliphatic rings. The summed E-state index contributed by atoms with van der Waals surface area (Å²) in [6, 6.07) is 5.62. The molecule has 1 aromatic heterocycles. The molecule has 1 heterocycles. The molecule has 16 heavy (non-hydrogen) atoms. The molecule has 0 aliphatic heterocycles. The number of methoxy groups -OCH3 is 1. The molecule has 84 valence electrons. The molecular weight excluding hydrogens is 204 g/mol. The number of carbonyl (C=O) groups is 1. The van der Waals surface area contributed by atoms with E-state index in [9.17, 15) is 4.79 Å². The predicted molar refractivity (Wildman–Crippen MR) is 62.9 cm³/mol. The second-order valence-electron chi connectivity index (χ2n) is 3.81. The van der Waals surface area contributed by atoms with E-state index in [1.807, 2.05) is 18.2 Å². The normalized spacial score (nSPS) is 10.4. The van der Waals surface area contributed by atoms with Crippen LogP contribution in [0, 0.1) is 0 Å². The van der Waals surface area contributed by atoms with Gasteiger partial charge in [0, 0.05) is 37.3 Å². The summed E-state index contributed by atoms with van der Waals surface area (Å²) in [6.45, 7) is 0. The molecule has 1 aromatic carbocycles. The van der Waals surface area contributed by atoms with Gasteiger partial charge in [-0.15, -0.1) is 0 Å². The molecule has 0 atom stereocenters. The highest BCUT2D eigenvalue weighted by Gasteiger charge is 2.13. The number of hydrogen-bond donors (Lipinski definition) is 1. The second-order valence-corrected chi connectivity index (χ2v) is 3.81. The first kappa shape index (κ1) is 10.5. The van der Waals surface area contributed by atoms with Crippen molar-refractivity contribution < 1.29 is 9.53 Å². The summed E-state index contributed by atoms with van der Waals surface area (Å²) in [5, 5.41) is 0.916. The number of benzene rings is 1. The molecule has 4 heteroatoms. The Kier molecular flexibility index (Phi) is 2.56. The number of nitrogens with one attached hydrogen (secondary N) is 1. The van der Waals surface area contributed by atoms with Crippen LogP contribution in [0.25, 0.3) is 10.9 Å². The molecule has 0 fully saturated rings. The van der Waals surface area contributed by atoms with Crippen LogP contribution < -0.4 is 4.74 Å². The van der Waals surface area contributed by atoms with Gasteiger partial charge >= 0.3 is 0 Å². The quantitative estimate of drug-likeness (QED) is 0.836. The van der Waals surface area contributed by atoms with Crippen LogP contribution in [0.5, 0.6) is 5.75 Å². The number of amides is 1. The molecule has 2 aromatic rings. The number of aromatic amines is 1. The lowest BCUT2D eigenvalue weighted by Crippen LogP contribution is -2.21. The fourth-order valence-electron chi connectivity index (χ4n) is 1.65. The molecular formula is C12H14N2O2. The van der Waals surface area contributed by atoms with Gasteiger partial charge in [-0.05, 0) is 12.1 Å². The molecule has 0 unspecified atom stereocenters. The topological polar surface area (TPSA) is 45.3 Å². The highest BCUT2D eigenvalue weighted by atomic mass is 16.5. The zero-order valence-electron chi connectivity index (χ0n) is 9.57. The first-order valence-corrected chi connectivity index (χ1v) is 5.00. The van der Waals surface area contributed by atoms with Crippen LogP contribution in [0.1, 0.15) is 10.4 Å². The smallest absolute Gasteiger partial charge is 0.255 e. The number of rotatable bonds is 2. The molecule has 1 N–H and O–H groups in total. The minimum atomic E-state index is -0.00332. The lowest BCUT2D eigenvalue weighted by molar-refractivity contribution is 0.0829. The van der Waals surface area contributed by atoms with Gasteiger partial charge in [0.25, 0.3) is 5.91 Å². The van der Waals surface area contributed by atoms with E-state index in [-0.39, 0.29) is 5.91 Å². The van der Waals surface area contributed by atoms with Crippen LogP contribution in [0.4, 0.5) is 0 Å². The van der Waals surface area contributed by atoms with Crippen molar-refractivity contribution in [2.75, 3.05) is 21.2 Å². The molecule has 0 aliphatic carbocycles. The van der Waals surface area contributed by atoms with E-state index in [0.29, 0.717) is 5.56 Å². The van der Waals surface area contributed by atoms with Gasteiger partial charge in [0.2, 0.25) is 0 Å². The van der Waals surface area contributed by atoms with E-state index in [0.717, 1.165) is 16.7 Å². The van der Waals surface area contributed by atoms with Gasteiger partial charge in [-0.1, -0.05) is 0 Å². The van der Waals surface area contributed by atoms with Gasteiger partial charge in [-0.2, -0.15) is 0 Å². The first-order chi connectivity index (χ1) is 7.63. The zero-order valence-corrected chi connectivity index (χ0v) is 9.57. The maximum absolute atomic E-state index is 11.8. The van der Waals surface area contributed by atoms with Gasteiger partial charge in [0.15, 0.2) is 0 Å². The lowest BCUT2D eigenvalue weighted by atomic mass is 10.1. The Hall–Kier alpha value is -1.97. The maximum Gasteiger partial charge on any atom is 0.255 e. The molecule has 4 nitrogen and oxygen atoms in total. The standard InChI is InChI=1S/C12H14N2O2/c1-14(2)12(15)10-7-13-11-6-8(16-3)4-5-9(10)11/h4-7,13H,1-3H3. The van der Waals surface area contributed by atoms with Gasteiger partial charge in [-0.25, -0.2) is 0 Å². The Morgan fingerprint density at radius 1 is 1.38 bits per heavy atom. The number of hydrogen-bond acceptors (Lipinski definition) is 2. The van der Waals surface area contributed by atoms with Crippen LogP contribution in [0.2, 0.25) is 0 Å².